The zero-order valence-corrected chi connectivity index (χ0v) is 39.4. The summed E-state index contributed by atoms with van der Waals surface area (Å²) in [5, 5.41) is 0. The third-order valence-corrected chi connectivity index (χ3v) is 11.1. The average Bonchev–Trinajstić information content (AvgIpc) is 3.69. The van der Waals surface area contributed by atoms with Gasteiger partial charge in [0.1, 0.15) is 0 Å². The Morgan fingerprint density at radius 2 is 0.772 bits per heavy atom. The van der Waals surface area contributed by atoms with Gasteiger partial charge >= 0.3 is 0 Å². The third kappa shape index (κ3) is 18.8. The first-order chi connectivity index (χ1) is 26.9. The van der Waals surface area contributed by atoms with Crippen molar-refractivity contribution in [3.63, 3.8) is 0 Å². The molecule has 5 aromatic rings. The van der Waals surface area contributed by atoms with Gasteiger partial charge in [0.15, 0.2) is 0 Å². The smallest absolute Gasteiger partial charge is 0.0345 e. The summed E-state index contributed by atoms with van der Waals surface area (Å²) < 4.78 is 0. The van der Waals surface area contributed by atoms with Crippen LogP contribution in [0.15, 0.2) is 115 Å². The molecule has 0 aliphatic heterocycles. The molecule has 0 N–H and O–H groups in total. The Hall–Kier alpha value is -4.12. The van der Waals surface area contributed by atoms with E-state index in [4.69, 9.17) is 0 Å². The van der Waals surface area contributed by atoms with Crippen LogP contribution in [0.4, 0.5) is 0 Å². The molecule has 0 nitrogen and oxygen atoms in total. The molecule has 1 heteroatoms. The Morgan fingerprint density at radius 3 is 1.11 bits per heavy atom. The molecule has 0 unspecified atom stereocenters. The molecule has 0 saturated carbocycles. The molecule has 0 amide bonds. The number of thiophene rings is 1. The van der Waals surface area contributed by atoms with Crippen LogP contribution in [0.1, 0.15) is 190 Å². The van der Waals surface area contributed by atoms with Crippen LogP contribution in [-0.2, 0) is 0 Å². The lowest BCUT2D eigenvalue weighted by Crippen LogP contribution is -1.90. The van der Waals surface area contributed by atoms with E-state index in [0.29, 0.717) is 47.3 Å². The highest BCUT2D eigenvalue weighted by Crippen LogP contribution is 2.32. The van der Waals surface area contributed by atoms with Crippen LogP contribution in [-0.4, -0.2) is 0 Å². The zero-order chi connectivity index (χ0) is 42.7. The highest BCUT2D eigenvalue weighted by atomic mass is 32.1. The van der Waals surface area contributed by atoms with Gasteiger partial charge in [0.25, 0.3) is 0 Å². The summed E-state index contributed by atoms with van der Waals surface area (Å²) in [6.07, 6.45) is 4.42. The van der Waals surface area contributed by atoms with Gasteiger partial charge in [-0.05, 0) is 105 Å². The van der Waals surface area contributed by atoms with E-state index >= 15 is 0 Å². The van der Waals surface area contributed by atoms with Crippen molar-refractivity contribution in [2.45, 2.75) is 146 Å². The molecule has 1 heterocycles. The number of hydrogen-bond acceptors (Lipinski definition) is 1. The molecular weight excluding hydrogens is 705 g/mol. The van der Waals surface area contributed by atoms with E-state index in [2.05, 4.69) is 244 Å². The van der Waals surface area contributed by atoms with Gasteiger partial charge in [-0.1, -0.05) is 220 Å². The van der Waals surface area contributed by atoms with Crippen molar-refractivity contribution < 1.29 is 0 Å². The number of rotatable bonds is 9. The van der Waals surface area contributed by atoms with Gasteiger partial charge in [-0.15, -0.1) is 11.3 Å². The highest BCUT2D eigenvalue weighted by Gasteiger charge is 2.07. The summed E-state index contributed by atoms with van der Waals surface area (Å²) in [5.41, 5.74) is 10.8. The summed E-state index contributed by atoms with van der Waals surface area (Å²) in [6, 6.07) is 39.7. The standard InChI is InChI=1S/C16H20S.C14H20.C14H18.C12H18/c1-11(2)13-5-7-14(8-6-13)16-10-9-15(17-16)12(3)4;2*1-11(2)5-6-13-7-9-14(10-8-13)12(3)4;1-9(2)11-5-7-12(8-6-11)10(3)4/h5-12H,1-4H3;5-12H,1-4H3;7-12H,1-4H3;5-10H,1-4H3/b;6-5+;;. The number of allylic oxidation sites excluding steroid dienone is 1. The first-order valence-corrected chi connectivity index (χ1v) is 22.4. The molecule has 0 radical (unpaired) electrons. The molecule has 1 aromatic heterocycles. The molecule has 57 heavy (non-hydrogen) atoms. The molecule has 0 atom stereocenters. The fourth-order valence-corrected chi connectivity index (χ4v) is 6.61. The van der Waals surface area contributed by atoms with Gasteiger partial charge in [0.2, 0.25) is 0 Å². The minimum atomic E-state index is 0.444. The van der Waals surface area contributed by atoms with Crippen LogP contribution in [0.5, 0.6) is 0 Å². The molecular formula is C56H76S. The second-order valence-corrected chi connectivity index (χ2v) is 18.9. The van der Waals surface area contributed by atoms with Crippen LogP contribution in [0, 0.1) is 23.7 Å². The molecule has 0 aliphatic carbocycles. The molecule has 0 spiro atoms. The summed E-state index contributed by atoms with van der Waals surface area (Å²) in [7, 11) is 0. The summed E-state index contributed by atoms with van der Waals surface area (Å²) in [6.45, 7) is 35.3. The predicted octanol–water partition coefficient (Wildman–Crippen LogP) is 17.9. The molecule has 4 aromatic carbocycles. The summed E-state index contributed by atoms with van der Waals surface area (Å²) in [5.74, 6) is 11.1. The number of hydrogen-bond donors (Lipinski definition) is 0. The van der Waals surface area contributed by atoms with Crippen molar-refractivity contribution in [1.29, 1.82) is 0 Å². The highest BCUT2D eigenvalue weighted by molar-refractivity contribution is 7.15. The van der Waals surface area contributed by atoms with E-state index < -0.39 is 0 Å². The lowest BCUT2D eigenvalue weighted by atomic mass is 9.97. The van der Waals surface area contributed by atoms with Gasteiger partial charge < -0.3 is 0 Å². The van der Waals surface area contributed by atoms with E-state index in [1.807, 2.05) is 11.3 Å². The van der Waals surface area contributed by atoms with Gasteiger partial charge in [-0.2, -0.15) is 0 Å². The molecule has 0 aliphatic rings. The first kappa shape index (κ1) is 49.0. The van der Waals surface area contributed by atoms with Crippen molar-refractivity contribution in [3.05, 3.63) is 159 Å². The SMILES string of the molecule is CC(C)/C=C/c1ccc(C(C)C)cc1.CC(C)C#Cc1ccc(C(C)C)cc1.CC(C)c1ccc(-c2ccc(C(C)C)s2)cc1.CC(C)c1ccc(C(C)C)cc1. The molecule has 306 valence electrons. The fraction of sp³-hybridized carbons (Fsp3) is 0.429. The normalized spacial score (nSPS) is 11.2. The van der Waals surface area contributed by atoms with Gasteiger partial charge in [-0.3, -0.25) is 0 Å². The van der Waals surface area contributed by atoms with Crippen LogP contribution < -0.4 is 0 Å². The zero-order valence-electron chi connectivity index (χ0n) is 38.6. The van der Waals surface area contributed by atoms with E-state index in [1.54, 1.807) is 0 Å². The van der Waals surface area contributed by atoms with Crippen molar-refractivity contribution in [2.75, 3.05) is 0 Å². The van der Waals surface area contributed by atoms with E-state index in [-0.39, 0.29) is 0 Å². The Bertz CT molecular complexity index is 1870. The third-order valence-electron chi connectivity index (χ3n) is 9.69. The molecule has 0 bridgehead atoms. The summed E-state index contributed by atoms with van der Waals surface area (Å²) >= 11 is 1.91. The molecule has 0 fully saturated rings. The van der Waals surface area contributed by atoms with Crippen LogP contribution in [0.25, 0.3) is 16.5 Å². The van der Waals surface area contributed by atoms with E-state index in [0.717, 1.165) is 5.56 Å². The maximum atomic E-state index is 3.16. The minimum absolute atomic E-state index is 0.444. The van der Waals surface area contributed by atoms with Gasteiger partial charge in [0.05, 0.1) is 0 Å². The number of benzene rings is 4. The van der Waals surface area contributed by atoms with Crippen LogP contribution in [0.2, 0.25) is 0 Å². The van der Waals surface area contributed by atoms with E-state index in [9.17, 15) is 0 Å². The molecule has 0 saturated heterocycles. The first-order valence-electron chi connectivity index (χ1n) is 21.6. The van der Waals surface area contributed by atoms with Crippen molar-refractivity contribution in [2.24, 2.45) is 11.8 Å². The second kappa shape index (κ2) is 25.3. The Kier molecular flexibility index (Phi) is 21.7. The lowest BCUT2D eigenvalue weighted by molar-refractivity contribution is 0.836. The van der Waals surface area contributed by atoms with Crippen LogP contribution in [0.3, 0.4) is 0 Å². The quantitative estimate of drug-likeness (QED) is 0.131. The Morgan fingerprint density at radius 1 is 0.404 bits per heavy atom. The average molecular weight is 781 g/mol. The predicted molar refractivity (Wildman–Crippen MR) is 259 cm³/mol. The Balaban J connectivity index is 0.000000264. The largest absolute Gasteiger partial charge is 0.140 e. The maximum absolute atomic E-state index is 3.16. The Labute approximate surface area is 355 Å². The monoisotopic (exact) mass is 781 g/mol. The second-order valence-electron chi connectivity index (χ2n) is 17.7. The van der Waals surface area contributed by atoms with Gasteiger partial charge in [-0.25, -0.2) is 0 Å². The van der Waals surface area contributed by atoms with Gasteiger partial charge in [0, 0.05) is 21.2 Å². The van der Waals surface area contributed by atoms with E-state index in [1.165, 1.54) is 48.7 Å². The van der Waals surface area contributed by atoms with Crippen molar-refractivity contribution in [1.82, 2.24) is 0 Å². The fourth-order valence-electron chi connectivity index (χ4n) is 5.59. The van der Waals surface area contributed by atoms with Crippen LogP contribution >= 0.6 is 11.3 Å². The van der Waals surface area contributed by atoms with Crippen molar-refractivity contribution in [3.8, 4) is 22.3 Å². The maximum Gasteiger partial charge on any atom is 0.0345 e. The lowest BCUT2D eigenvalue weighted by Gasteiger charge is -2.08. The topological polar surface area (TPSA) is 0 Å². The minimum Gasteiger partial charge on any atom is -0.140 e. The van der Waals surface area contributed by atoms with Crippen molar-refractivity contribution >= 4 is 17.4 Å². The summed E-state index contributed by atoms with van der Waals surface area (Å²) in [4.78, 5) is 2.84. The molecule has 5 rings (SSSR count).